The normalized spacial score (nSPS) is 10.9. The summed E-state index contributed by atoms with van der Waals surface area (Å²) in [5.41, 5.74) is 8.36. The molecule has 0 fully saturated rings. The van der Waals surface area contributed by atoms with Gasteiger partial charge in [-0.1, -0.05) is 24.3 Å². The van der Waals surface area contributed by atoms with Crippen LogP contribution in [0.1, 0.15) is 17.9 Å². The monoisotopic (exact) mass is 282 g/mol. The summed E-state index contributed by atoms with van der Waals surface area (Å²) in [6, 6.07) is 15.7. The largest absolute Gasteiger partial charge is 0.494 e. The van der Waals surface area contributed by atoms with Crippen molar-refractivity contribution in [2.45, 2.75) is 19.4 Å². The summed E-state index contributed by atoms with van der Waals surface area (Å²) in [6.45, 7) is 1.16. The molecule has 4 nitrogen and oxygen atoms in total. The molecule has 0 bridgehead atoms. The molecule has 0 spiro atoms. The highest BCUT2D eigenvalue weighted by Crippen LogP contribution is 2.18. The number of aromatic nitrogens is 1. The topological polar surface area (TPSA) is 61.3 Å². The second-order valence-corrected chi connectivity index (χ2v) is 4.88. The summed E-state index contributed by atoms with van der Waals surface area (Å²) in [7, 11) is 0. The van der Waals surface area contributed by atoms with Crippen LogP contribution in [0, 0.1) is 0 Å². The molecule has 4 heteroatoms. The van der Waals surface area contributed by atoms with E-state index in [2.05, 4.69) is 4.98 Å². The van der Waals surface area contributed by atoms with Gasteiger partial charge < -0.3 is 14.9 Å². The molecule has 1 heterocycles. The lowest BCUT2D eigenvalue weighted by molar-refractivity contribution is 0.306. The summed E-state index contributed by atoms with van der Waals surface area (Å²) in [4.78, 5) is 4.47. The Hall–Kier alpha value is -2.33. The highest BCUT2D eigenvalue weighted by atomic mass is 16.5. The van der Waals surface area contributed by atoms with E-state index in [0.29, 0.717) is 13.2 Å². The predicted molar refractivity (Wildman–Crippen MR) is 82.2 cm³/mol. The van der Waals surface area contributed by atoms with Crippen LogP contribution in [0.2, 0.25) is 0 Å². The number of benzene rings is 2. The molecule has 3 aromatic rings. The number of nitrogens with two attached hydrogens (primary N) is 1. The number of hydrogen-bond donors (Lipinski definition) is 1. The van der Waals surface area contributed by atoms with E-state index >= 15 is 0 Å². The van der Waals surface area contributed by atoms with Crippen molar-refractivity contribution in [3.8, 4) is 5.75 Å². The number of aryl methyl sites for hydroxylation is 1. The molecule has 0 unspecified atom stereocenters. The molecule has 2 aromatic carbocycles. The average Bonchev–Trinajstić information content (AvgIpc) is 2.94. The van der Waals surface area contributed by atoms with E-state index in [1.54, 1.807) is 0 Å². The summed E-state index contributed by atoms with van der Waals surface area (Å²) in [6.07, 6.45) is 1.63. The zero-order valence-electron chi connectivity index (χ0n) is 11.8. The van der Waals surface area contributed by atoms with E-state index in [1.165, 1.54) is 0 Å². The molecule has 3 rings (SSSR count). The fraction of sp³-hybridized carbons (Fsp3) is 0.235. The van der Waals surface area contributed by atoms with Crippen molar-refractivity contribution in [2.75, 3.05) is 6.61 Å². The van der Waals surface area contributed by atoms with Crippen molar-refractivity contribution in [3.63, 3.8) is 0 Å². The van der Waals surface area contributed by atoms with Crippen LogP contribution in [0.25, 0.3) is 11.1 Å². The average molecular weight is 282 g/mol. The molecule has 21 heavy (non-hydrogen) atoms. The quantitative estimate of drug-likeness (QED) is 0.705. The number of fused-ring (bicyclic) bond motifs is 1. The minimum atomic E-state index is 0.511. The van der Waals surface area contributed by atoms with Gasteiger partial charge >= 0.3 is 0 Å². The van der Waals surface area contributed by atoms with E-state index in [-0.39, 0.29) is 0 Å². The van der Waals surface area contributed by atoms with Gasteiger partial charge in [0.2, 0.25) is 0 Å². The van der Waals surface area contributed by atoms with Crippen LogP contribution in [0.4, 0.5) is 0 Å². The lowest BCUT2D eigenvalue weighted by atomic mass is 10.2. The Bertz CT molecular complexity index is 707. The number of oxazole rings is 1. The van der Waals surface area contributed by atoms with Gasteiger partial charge in [0.05, 0.1) is 6.61 Å². The van der Waals surface area contributed by atoms with Crippen molar-refractivity contribution in [3.05, 3.63) is 60.0 Å². The summed E-state index contributed by atoms with van der Waals surface area (Å²) in [5, 5.41) is 0. The second kappa shape index (κ2) is 6.41. The Morgan fingerprint density at radius 3 is 2.76 bits per heavy atom. The standard InChI is InChI=1S/C17H18N2O2/c18-12-13-8-9-15-16(11-13)21-17(19-15)7-4-10-20-14-5-2-1-3-6-14/h1-3,5-6,8-9,11H,4,7,10,12,18H2. The van der Waals surface area contributed by atoms with Gasteiger partial charge in [0.1, 0.15) is 11.3 Å². The Morgan fingerprint density at radius 2 is 1.95 bits per heavy atom. The third kappa shape index (κ3) is 3.41. The number of ether oxygens (including phenoxy) is 1. The molecular weight excluding hydrogens is 264 g/mol. The first-order valence-electron chi connectivity index (χ1n) is 7.11. The van der Waals surface area contributed by atoms with Crippen molar-refractivity contribution in [1.29, 1.82) is 0 Å². The zero-order chi connectivity index (χ0) is 14.5. The van der Waals surface area contributed by atoms with Crippen LogP contribution in [0.3, 0.4) is 0 Å². The van der Waals surface area contributed by atoms with E-state index < -0.39 is 0 Å². The van der Waals surface area contributed by atoms with Gasteiger partial charge in [-0.05, 0) is 36.2 Å². The molecular formula is C17H18N2O2. The minimum absolute atomic E-state index is 0.511. The molecule has 0 aliphatic carbocycles. The molecule has 0 saturated heterocycles. The van der Waals surface area contributed by atoms with Gasteiger partial charge in [-0.15, -0.1) is 0 Å². The molecule has 2 N–H and O–H groups in total. The highest BCUT2D eigenvalue weighted by molar-refractivity contribution is 5.73. The highest BCUT2D eigenvalue weighted by Gasteiger charge is 2.06. The van der Waals surface area contributed by atoms with Crippen LogP contribution in [-0.2, 0) is 13.0 Å². The molecule has 0 amide bonds. The molecule has 0 aliphatic rings. The van der Waals surface area contributed by atoms with E-state index in [0.717, 1.165) is 41.1 Å². The molecule has 0 radical (unpaired) electrons. The van der Waals surface area contributed by atoms with Gasteiger partial charge in [0, 0.05) is 13.0 Å². The van der Waals surface area contributed by atoms with Crippen LogP contribution < -0.4 is 10.5 Å². The van der Waals surface area contributed by atoms with Gasteiger partial charge in [0.15, 0.2) is 11.5 Å². The SMILES string of the molecule is NCc1ccc2nc(CCCOc3ccccc3)oc2c1. The van der Waals surface area contributed by atoms with E-state index in [9.17, 15) is 0 Å². The van der Waals surface area contributed by atoms with E-state index in [1.807, 2.05) is 48.5 Å². The van der Waals surface area contributed by atoms with Crippen LogP contribution in [0.5, 0.6) is 5.75 Å². The lowest BCUT2D eigenvalue weighted by Crippen LogP contribution is -1.99. The van der Waals surface area contributed by atoms with Crippen LogP contribution in [-0.4, -0.2) is 11.6 Å². The number of rotatable bonds is 6. The fourth-order valence-corrected chi connectivity index (χ4v) is 2.18. The van der Waals surface area contributed by atoms with Gasteiger partial charge in [-0.2, -0.15) is 0 Å². The third-order valence-corrected chi connectivity index (χ3v) is 3.28. The van der Waals surface area contributed by atoms with Crippen LogP contribution in [0.15, 0.2) is 52.9 Å². The Balaban J connectivity index is 1.55. The molecule has 0 atom stereocenters. The van der Waals surface area contributed by atoms with Crippen molar-refractivity contribution >= 4 is 11.1 Å². The van der Waals surface area contributed by atoms with Gasteiger partial charge in [-0.25, -0.2) is 4.98 Å². The Morgan fingerprint density at radius 1 is 1.10 bits per heavy atom. The van der Waals surface area contributed by atoms with Crippen molar-refractivity contribution in [1.82, 2.24) is 4.98 Å². The second-order valence-electron chi connectivity index (χ2n) is 4.88. The summed E-state index contributed by atoms with van der Waals surface area (Å²) < 4.78 is 11.4. The first-order chi connectivity index (χ1) is 10.3. The zero-order valence-corrected chi connectivity index (χ0v) is 11.8. The lowest BCUT2D eigenvalue weighted by Gasteiger charge is -2.03. The minimum Gasteiger partial charge on any atom is -0.494 e. The Labute approximate surface area is 123 Å². The first-order valence-corrected chi connectivity index (χ1v) is 7.11. The number of hydrogen-bond acceptors (Lipinski definition) is 4. The third-order valence-electron chi connectivity index (χ3n) is 3.28. The maximum atomic E-state index is 5.74. The fourth-order valence-electron chi connectivity index (χ4n) is 2.18. The van der Waals surface area contributed by atoms with Crippen LogP contribution >= 0.6 is 0 Å². The molecule has 108 valence electrons. The van der Waals surface area contributed by atoms with Gasteiger partial charge in [-0.3, -0.25) is 0 Å². The van der Waals surface area contributed by atoms with Gasteiger partial charge in [0.25, 0.3) is 0 Å². The van der Waals surface area contributed by atoms with E-state index in [4.69, 9.17) is 14.9 Å². The smallest absolute Gasteiger partial charge is 0.195 e. The van der Waals surface area contributed by atoms with Crippen molar-refractivity contribution < 1.29 is 9.15 Å². The molecule has 0 saturated carbocycles. The number of nitrogens with zero attached hydrogens (tertiary/aromatic N) is 1. The maximum absolute atomic E-state index is 5.74. The predicted octanol–water partition coefficient (Wildman–Crippen LogP) is 3.30. The molecule has 1 aromatic heterocycles. The molecule has 0 aliphatic heterocycles. The number of para-hydroxylation sites is 1. The first kappa shape index (κ1) is 13.6. The summed E-state index contributed by atoms with van der Waals surface area (Å²) >= 11 is 0. The summed E-state index contributed by atoms with van der Waals surface area (Å²) in [5.74, 6) is 1.64. The van der Waals surface area contributed by atoms with Crippen molar-refractivity contribution in [2.24, 2.45) is 5.73 Å². The maximum Gasteiger partial charge on any atom is 0.195 e. The Kier molecular flexibility index (Phi) is 4.17.